The van der Waals surface area contributed by atoms with Crippen LogP contribution in [0.3, 0.4) is 0 Å². The standard InChI is InChI=1S/C19H16FN3O.C7H15N/c20-17-6-4-14(5-7-17)9-23-11-16-10-22(12-19(16)21-23)18-3-1-2-15(8-18)13-24;1-8-7-5-3-2-4-6-7/h1-8,11,13H,9-10,12H2;7-8H,2-6H2,1H3. The SMILES string of the molecule is CNC1CCCCC1.O=Cc1cccc(N2Cc3cn(Cc4ccc(F)cc4)nc3C2)c1. The molecule has 2 aromatic carbocycles. The van der Waals surface area contributed by atoms with E-state index in [1.165, 1.54) is 49.8 Å². The predicted molar refractivity (Wildman–Crippen MR) is 125 cm³/mol. The van der Waals surface area contributed by atoms with Crippen molar-refractivity contribution in [2.45, 2.75) is 57.8 Å². The molecule has 1 aromatic heterocycles. The van der Waals surface area contributed by atoms with Gasteiger partial charge in [-0.2, -0.15) is 5.10 Å². The summed E-state index contributed by atoms with van der Waals surface area (Å²) in [5.74, 6) is -0.227. The Kier molecular flexibility index (Phi) is 7.32. The monoisotopic (exact) mass is 434 g/mol. The number of benzene rings is 2. The number of aldehydes is 1. The van der Waals surface area contributed by atoms with Crippen LogP contribution in [0.25, 0.3) is 0 Å². The normalized spacial score (nSPS) is 15.8. The van der Waals surface area contributed by atoms with Crippen molar-refractivity contribution in [3.63, 3.8) is 0 Å². The number of anilines is 1. The molecule has 1 aliphatic carbocycles. The number of aromatic nitrogens is 2. The molecule has 1 aliphatic heterocycles. The van der Waals surface area contributed by atoms with Gasteiger partial charge < -0.3 is 10.2 Å². The van der Waals surface area contributed by atoms with Crippen LogP contribution in [0.5, 0.6) is 0 Å². The number of carbonyl (C=O) groups is 1. The molecule has 0 saturated heterocycles. The zero-order valence-corrected chi connectivity index (χ0v) is 18.6. The molecule has 32 heavy (non-hydrogen) atoms. The molecule has 0 amide bonds. The van der Waals surface area contributed by atoms with Crippen molar-refractivity contribution in [2.75, 3.05) is 11.9 Å². The minimum absolute atomic E-state index is 0.227. The van der Waals surface area contributed by atoms with Crippen LogP contribution < -0.4 is 10.2 Å². The molecule has 3 aromatic rings. The summed E-state index contributed by atoms with van der Waals surface area (Å²) in [7, 11) is 2.07. The summed E-state index contributed by atoms with van der Waals surface area (Å²) in [6.45, 7) is 2.14. The summed E-state index contributed by atoms with van der Waals surface area (Å²) in [5.41, 5.74) is 4.97. The zero-order chi connectivity index (χ0) is 22.3. The first kappa shape index (κ1) is 22.2. The number of nitrogens with zero attached hydrogens (tertiary/aromatic N) is 3. The highest BCUT2D eigenvalue weighted by molar-refractivity contribution is 5.77. The smallest absolute Gasteiger partial charge is 0.150 e. The van der Waals surface area contributed by atoms with Gasteiger partial charge in [0, 0.05) is 35.6 Å². The molecule has 2 heterocycles. The van der Waals surface area contributed by atoms with E-state index in [2.05, 4.69) is 22.4 Å². The topological polar surface area (TPSA) is 50.2 Å². The molecule has 6 heteroatoms. The third-order valence-corrected chi connectivity index (χ3v) is 6.27. The summed E-state index contributed by atoms with van der Waals surface area (Å²) in [4.78, 5) is 13.1. The van der Waals surface area contributed by atoms with Gasteiger partial charge in [0.05, 0.1) is 18.8 Å². The van der Waals surface area contributed by atoms with Gasteiger partial charge in [0.2, 0.25) is 0 Å². The van der Waals surface area contributed by atoms with Gasteiger partial charge in [0.25, 0.3) is 0 Å². The van der Waals surface area contributed by atoms with Crippen molar-refractivity contribution in [1.29, 1.82) is 0 Å². The van der Waals surface area contributed by atoms with Crippen molar-refractivity contribution in [3.05, 3.63) is 82.9 Å². The molecule has 0 radical (unpaired) electrons. The second-order valence-electron chi connectivity index (χ2n) is 8.62. The van der Waals surface area contributed by atoms with Gasteiger partial charge in [-0.25, -0.2) is 4.39 Å². The number of nitrogens with one attached hydrogen (secondary N) is 1. The Bertz CT molecular complexity index is 1000. The summed E-state index contributed by atoms with van der Waals surface area (Å²) in [5, 5.41) is 7.94. The van der Waals surface area contributed by atoms with E-state index in [0.717, 1.165) is 42.4 Å². The van der Waals surface area contributed by atoms with E-state index in [0.29, 0.717) is 12.1 Å². The Morgan fingerprint density at radius 1 is 1.09 bits per heavy atom. The lowest BCUT2D eigenvalue weighted by Crippen LogP contribution is -2.26. The highest BCUT2D eigenvalue weighted by Gasteiger charge is 2.23. The Morgan fingerprint density at radius 3 is 2.53 bits per heavy atom. The molecular formula is C26H31FN4O. The van der Waals surface area contributed by atoms with E-state index < -0.39 is 0 Å². The van der Waals surface area contributed by atoms with Gasteiger partial charge in [0.15, 0.2) is 0 Å². The van der Waals surface area contributed by atoms with E-state index in [9.17, 15) is 9.18 Å². The Balaban J connectivity index is 0.000000260. The summed E-state index contributed by atoms with van der Waals surface area (Å²) in [6, 6.07) is 14.9. The first-order valence-corrected chi connectivity index (χ1v) is 11.4. The van der Waals surface area contributed by atoms with Crippen LogP contribution in [0.2, 0.25) is 0 Å². The largest absolute Gasteiger partial charge is 0.361 e. The molecule has 0 unspecified atom stereocenters. The van der Waals surface area contributed by atoms with Crippen LogP contribution in [-0.4, -0.2) is 29.2 Å². The van der Waals surface area contributed by atoms with Crippen LogP contribution in [0.15, 0.2) is 54.7 Å². The van der Waals surface area contributed by atoms with E-state index in [1.807, 2.05) is 29.1 Å². The van der Waals surface area contributed by atoms with Gasteiger partial charge in [-0.1, -0.05) is 43.5 Å². The summed E-state index contributed by atoms with van der Waals surface area (Å²) >= 11 is 0. The fourth-order valence-electron chi connectivity index (χ4n) is 4.44. The number of hydrogen-bond donors (Lipinski definition) is 1. The van der Waals surface area contributed by atoms with Gasteiger partial charge in [-0.05, 0) is 49.7 Å². The number of rotatable bonds is 5. The third kappa shape index (κ3) is 5.62. The Hall–Kier alpha value is -2.99. The first-order chi connectivity index (χ1) is 15.6. The van der Waals surface area contributed by atoms with Crippen LogP contribution in [0, 0.1) is 5.82 Å². The Labute approximate surface area is 189 Å². The second kappa shape index (κ2) is 10.6. The number of halogens is 1. The van der Waals surface area contributed by atoms with Crippen LogP contribution in [0.4, 0.5) is 10.1 Å². The molecule has 168 valence electrons. The van der Waals surface area contributed by atoms with E-state index in [-0.39, 0.29) is 5.82 Å². The summed E-state index contributed by atoms with van der Waals surface area (Å²) < 4.78 is 14.9. The van der Waals surface area contributed by atoms with Crippen LogP contribution in [-0.2, 0) is 19.6 Å². The number of hydrogen-bond acceptors (Lipinski definition) is 4. The van der Waals surface area contributed by atoms with E-state index in [4.69, 9.17) is 0 Å². The van der Waals surface area contributed by atoms with Gasteiger partial charge in [-0.3, -0.25) is 9.48 Å². The summed E-state index contributed by atoms with van der Waals surface area (Å²) in [6.07, 6.45) is 10.0. The zero-order valence-electron chi connectivity index (χ0n) is 18.6. The highest BCUT2D eigenvalue weighted by atomic mass is 19.1. The van der Waals surface area contributed by atoms with Crippen LogP contribution in [0.1, 0.15) is 59.3 Å². The molecule has 2 aliphatic rings. The van der Waals surface area contributed by atoms with Gasteiger partial charge in [0.1, 0.15) is 12.1 Å². The maximum absolute atomic E-state index is 13.0. The van der Waals surface area contributed by atoms with Crippen molar-refractivity contribution in [3.8, 4) is 0 Å². The van der Waals surface area contributed by atoms with E-state index >= 15 is 0 Å². The van der Waals surface area contributed by atoms with Gasteiger partial charge in [-0.15, -0.1) is 0 Å². The predicted octanol–water partition coefficient (Wildman–Crippen LogP) is 4.94. The minimum atomic E-state index is -0.227. The van der Waals surface area contributed by atoms with Crippen molar-refractivity contribution in [2.24, 2.45) is 0 Å². The average molecular weight is 435 g/mol. The highest BCUT2D eigenvalue weighted by Crippen LogP contribution is 2.28. The fraction of sp³-hybridized carbons (Fsp3) is 0.385. The molecule has 1 fully saturated rings. The molecule has 0 spiro atoms. The number of fused-ring (bicyclic) bond motifs is 1. The van der Waals surface area contributed by atoms with Crippen molar-refractivity contribution in [1.82, 2.24) is 15.1 Å². The van der Waals surface area contributed by atoms with Gasteiger partial charge >= 0.3 is 0 Å². The lowest BCUT2D eigenvalue weighted by molar-refractivity contribution is 0.112. The number of carbonyl (C=O) groups excluding carboxylic acids is 1. The molecule has 5 rings (SSSR count). The second-order valence-corrected chi connectivity index (χ2v) is 8.62. The molecule has 5 nitrogen and oxygen atoms in total. The molecule has 1 N–H and O–H groups in total. The molecule has 0 atom stereocenters. The molecule has 1 saturated carbocycles. The maximum atomic E-state index is 13.0. The molecular weight excluding hydrogens is 403 g/mol. The first-order valence-electron chi connectivity index (χ1n) is 11.4. The average Bonchev–Trinajstić information content (AvgIpc) is 3.40. The van der Waals surface area contributed by atoms with Crippen molar-refractivity contribution >= 4 is 12.0 Å². The van der Waals surface area contributed by atoms with Crippen molar-refractivity contribution < 1.29 is 9.18 Å². The maximum Gasteiger partial charge on any atom is 0.150 e. The fourth-order valence-corrected chi connectivity index (χ4v) is 4.44. The minimum Gasteiger partial charge on any atom is -0.361 e. The third-order valence-electron chi connectivity index (χ3n) is 6.27. The lowest BCUT2D eigenvalue weighted by atomic mass is 9.96. The quantitative estimate of drug-likeness (QED) is 0.578. The van der Waals surface area contributed by atoms with E-state index in [1.54, 1.807) is 18.2 Å². The van der Waals surface area contributed by atoms with Crippen LogP contribution >= 0.6 is 0 Å². The lowest BCUT2D eigenvalue weighted by Gasteiger charge is -2.20. The molecule has 0 bridgehead atoms. The Morgan fingerprint density at radius 2 is 1.88 bits per heavy atom.